The number of nitrogens with zero attached hydrogens (tertiary/aromatic N) is 1. The first-order valence-corrected chi connectivity index (χ1v) is 7.42. The molecule has 0 bridgehead atoms. The van der Waals surface area contributed by atoms with Crippen LogP contribution in [0.3, 0.4) is 0 Å². The Kier molecular flexibility index (Phi) is 5.62. The summed E-state index contributed by atoms with van der Waals surface area (Å²) in [5, 5.41) is 3.68. The van der Waals surface area contributed by atoms with Gasteiger partial charge in [0.2, 0.25) is 0 Å². The number of allylic oxidation sites excluding steroid dienone is 1. The van der Waals surface area contributed by atoms with Crippen LogP contribution in [-0.2, 0) is 6.42 Å². The SMILES string of the molecule is C/C=C/CCN1CC(Cc2ccccc2)NCC1C. The summed E-state index contributed by atoms with van der Waals surface area (Å²) in [4.78, 5) is 2.62. The van der Waals surface area contributed by atoms with Gasteiger partial charge in [-0.25, -0.2) is 0 Å². The Bertz CT molecular complexity index is 386. The van der Waals surface area contributed by atoms with Crippen molar-refractivity contribution in [1.29, 1.82) is 0 Å². The molecule has 1 saturated heterocycles. The maximum absolute atomic E-state index is 3.68. The van der Waals surface area contributed by atoms with Gasteiger partial charge in [0.1, 0.15) is 0 Å². The van der Waals surface area contributed by atoms with E-state index in [2.05, 4.69) is 66.5 Å². The van der Waals surface area contributed by atoms with Gasteiger partial charge in [-0.15, -0.1) is 0 Å². The molecule has 0 aromatic heterocycles. The van der Waals surface area contributed by atoms with Crippen LogP contribution in [-0.4, -0.2) is 36.6 Å². The lowest BCUT2D eigenvalue weighted by atomic mass is 10.0. The van der Waals surface area contributed by atoms with Gasteiger partial charge in [-0.2, -0.15) is 0 Å². The van der Waals surface area contributed by atoms with Crippen LogP contribution in [0.2, 0.25) is 0 Å². The molecule has 0 radical (unpaired) electrons. The van der Waals surface area contributed by atoms with Gasteiger partial charge in [-0.1, -0.05) is 42.5 Å². The van der Waals surface area contributed by atoms with E-state index in [0.29, 0.717) is 12.1 Å². The van der Waals surface area contributed by atoms with E-state index in [0.717, 1.165) is 19.5 Å². The third kappa shape index (κ3) is 4.48. The van der Waals surface area contributed by atoms with Crippen molar-refractivity contribution in [2.45, 2.75) is 38.8 Å². The highest BCUT2D eigenvalue weighted by molar-refractivity contribution is 5.16. The van der Waals surface area contributed by atoms with Crippen molar-refractivity contribution in [3.8, 4) is 0 Å². The minimum absolute atomic E-state index is 0.587. The van der Waals surface area contributed by atoms with Crippen molar-refractivity contribution in [2.75, 3.05) is 19.6 Å². The molecule has 2 unspecified atom stereocenters. The van der Waals surface area contributed by atoms with Gasteiger partial charge in [0.15, 0.2) is 0 Å². The summed E-state index contributed by atoms with van der Waals surface area (Å²) in [5.41, 5.74) is 1.43. The van der Waals surface area contributed by atoms with Crippen molar-refractivity contribution in [1.82, 2.24) is 10.2 Å². The lowest BCUT2D eigenvalue weighted by Gasteiger charge is -2.38. The highest BCUT2D eigenvalue weighted by atomic mass is 15.2. The Balaban J connectivity index is 1.86. The van der Waals surface area contributed by atoms with Crippen molar-refractivity contribution in [3.63, 3.8) is 0 Å². The average Bonchev–Trinajstić information content (AvgIpc) is 2.44. The lowest BCUT2D eigenvalue weighted by molar-refractivity contribution is 0.143. The second-order valence-electron chi connectivity index (χ2n) is 5.50. The molecule has 2 rings (SSSR count). The number of nitrogens with one attached hydrogen (secondary N) is 1. The van der Waals surface area contributed by atoms with Crippen LogP contribution in [0.1, 0.15) is 25.8 Å². The first kappa shape index (κ1) is 14.3. The molecule has 1 aliphatic heterocycles. The summed E-state index contributed by atoms with van der Waals surface area (Å²) in [5.74, 6) is 0. The first-order valence-electron chi connectivity index (χ1n) is 7.42. The molecule has 1 aromatic rings. The van der Waals surface area contributed by atoms with E-state index < -0.39 is 0 Å². The summed E-state index contributed by atoms with van der Waals surface area (Å²) in [6.45, 7) is 7.86. The van der Waals surface area contributed by atoms with E-state index in [9.17, 15) is 0 Å². The zero-order valence-corrected chi connectivity index (χ0v) is 12.2. The standard InChI is InChI=1S/C17H26N2/c1-3-4-8-11-19-14-17(18-13-15(19)2)12-16-9-6-5-7-10-16/h3-7,9-10,15,17-18H,8,11-14H2,1-2H3/b4-3+. The van der Waals surface area contributed by atoms with Crippen LogP contribution in [0.25, 0.3) is 0 Å². The van der Waals surface area contributed by atoms with Gasteiger partial charge in [0.25, 0.3) is 0 Å². The molecule has 2 nitrogen and oxygen atoms in total. The smallest absolute Gasteiger partial charge is 0.0236 e. The molecule has 1 heterocycles. The van der Waals surface area contributed by atoms with E-state index >= 15 is 0 Å². The summed E-state index contributed by atoms with van der Waals surface area (Å²) in [6.07, 6.45) is 6.71. The summed E-state index contributed by atoms with van der Waals surface area (Å²) in [7, 11) is 0. The Morgan fingerprint density at radius 2 is 2.11 bits per heavy atom. The van der Waals surface area contributed by atoms with Crippen molar-refractivity contribution in [2.24, 2.45) is 0 Å². The minimum Gasteiger partial charge on any atom is -0.311 e. The maximum atomic E-state index is 3.68. The zero-order chi connectivity index (χ0) is 13.5. The predicted octanol–water partition coefficient (Wildman–Crippen LogP) is 2.86. The van der Waals surface area contributed by atoms with Crippen LogP contribution >= 0.6 is 0 Å². The number of piperazine rings is 1. The molecule has 0 saturated carbocycles. The Hall–Kier alpha value is -1.12. The molecule has 1 fully saturated rings. The minimum atomic E-state index is 0.587. The second kappa shape index (κ2) is 7.46. The third-order valence-corrected chi connectivity index (χ3v) is 3.92. The van der Waals surface area contributed by atoms with Crippen LogP contribution in [0.5, 0.6) is 0 Å². The average molecular weight is 258 g/mol. The number of hydrogen-bond donors (Lipinski definition) is 1. The fraction of sp³-hybridized carbons (Fsp3) is 0.529. The van der Waals surface area contributed by atoms with Gasteiger partial charge in [-0.3, -0.25) is 4.90 Å². The Morgan fingerprint density at radius 3 is 2.84 bits per heavy atom. The van der Waals surface area contributed by atoms with Gasteiger partial charge < -0.3 is 5.32 Å². The monoisotopic (exact) mass is 258 g/mol. The molecule has 2 heteroatoms. The van der Waals surface area contributed by atoms with E-state index in [4.69, 9.17) is 0 Å². The molecule has 0 amide bonds. The van der Waals surface area contributed by atoms with E-state index in [1.54, 1.807) is 0 Å². The summed E-state index contributed by atoms with van der Waals surface area (Å²) < 4.78 is 0. The van der Waals surface area contributed by atoms with Crippen LogP contribution < -0.4 is 5.32 Å². The highest BCUT2D eigenvalue weighted by Crippen LogP contribution is 2.12. The number of rotatable bonds is 5. The third-order valence-electron chi connectivity index (χ3n) is 3.92. The molecule has 1 aromatic carbocycles. The maximum Gasteiger partial charge on any atom is 0.0236 e. The normalized spacial score (nSPS) is 24.9. The quantitative estimate of drug-likeness (QED) is 0.817. The van der Waals surface area contributed by atoms with Gasteiger partial charge >= 0.3 is 0 Å². The molecule has 2 atom stereocenters. The summed E-state index contributed by atoms with van der Waals surface area (Å²) in [6, 6.07) is 12.0. The predicted molar refractivity (Wildman–Crippen MR) is 82.4 cm³/mol. The topological polar surface area (TPSA) is 15.3 Å². The second-order valence-corrected chi connectivity index (χ2v) is 5.50. The van der Waals surface area contributed by atoms with E-state index in [1.165, 1.54) is 18.5 Å². The molecule has 0 spiro atoms. The van der Waals surface area contributed by atoms with Crippen molar-refractivity contribution >= 4 is 0 Å². The molecule has 1 N–H and O–H groups in total. The van der Waals surface area contributed by atoms with Crippen LogP contribution in [0.15, 0.2) is 42.5 Å². The Labute approximate surface area is 117 Å². The van der Waals surface area contributed by atoms with Crippen molar-refractivity contribution in [3.05, 3.63) is 48.0 Å². The highest BCUT2D eigenvalue weighted by Gasteiger charge is 2.24. The van der Waals surface area contributed by atoms with E-state index in [1.807, 2.05) is 0 Å². The fourth-order valence-electron chi connectivity index (χ4n) is 2.75. The molecule has 0 aliphatic carbocycles. The number of benzene rings is 1. The van der Waals surface area contributed by atoms with Crippen LogP contribution in [0.4, 0.5) is 0 Å². The number of hydrogen-bond acceptors (Lipinski definition) is 2. The lowest BCUT2D eigenvalue weighted by Crippen LogP contribution is -2.56. The van der Waals surface area contributed by atoms with Gasteiger partial charge in [-0.05, 0) is 32.3 Å². The Morgan fingerprint density at radius 1 is 1.32 bits per heavy atom. The molecular weight excluding hydrogens is 232 g/mol. The van der Waals surface area contributed by atoms with E-state index in [-0.39, 0.29) is 0 Å². The molecular formula is C17H26N2. The molecule has 104 valence electrons. The summed E-state index contributed by atoms with van der Waals surface area (Å²) >= 11 is 0. The first-order chi connectivity index (χ1) is 9.29. The van der Waals surface area contributed by atoms with Gasteiger partial charge in [0.05, 0.1) is 0 Å². The van der Waals surface area contributed by atoms with Gasteiger partial charge in [0, 0.05) is 31.7 Å². The molecule has 1 aliphatic rings. The molecule has 19 heavy (non-hydrogen) atoms. The van der Waals surface area contributed by atoms with Crippen molar-refractivity contribution < 1.29 is 0 Å². The fourth-order valence-corrected chi connectivity index (χ4v) is 2.75. The van der Waals surface area contributed by atoms with Crippen LogP contribution in [0, 0.1) is 0 Å². The zero-order valence-electron chi connectivity index (χ0n) is 12.2. The largest absolute Gasteiger partial charge is 0.311 e.